The molecule has 3 heteroatoms. The summed E-state index contributed by atoms with van der Waals surface area (Å²) in [4.78, 5) is 3.20. The lowest BCUT2D eigenvalue weighted by molar-refractivity contribution is 0.242. The third-order valence-electron chi connectivity index (χ3n) is 3.35. The minimum atomic E-state index is 0.210. The van der Waals surface area contributed by atoms with E-state index in [9.17, 15) is 0 Å². The quantitative estimate of drug-likeness (QED) is 0.718. The Kier molecular flexibility index (Phi) is 3.82. The maximum atomic E-state index is 5.65. The summed E-state index contributed by atoms with van der Waals surface area (Å²) in [5.41, 5.74) is 3.53. The predicted octanol–water partition coefficient (Wildman–Crippen LogP) is 4.57. The fourth-order valence-electron chi connectivity index (χ4n) is 2.33. The van der Waals surface area contributed by atoms with E-state index in [0.717, 1.165) is 23.5 Å². The largest absolute Gasteiger partial charge is 0.491 e. The van der Waals surface area contributed by atoms with Crippen molar-refractivity contribution in [3.63, 3.8) is 0 Å². The second kappa shape index (κ2) is 5.92. The topological polar surface area (TPSA) is 37.0 Å². The Morgan fingerprint density at radius 2 is 1.86 bits per heavy atom. The Morgan fingerprint density at radius 3 is 2.62 bits per heavy atom. The second-order valence-electron chi connectivity index (χ2n) is 5.44. The lowest BCUT2D eigenvalue weighted by Crippen LogP contribution is -2.05. The van der Waals surface area contributed by atoms with Gasteiger partial charge in [-0.25, -0.2) is 0 Å². The third-order valence-corrected chi connectivity index (χ3v) is 3.35. The molecule has 1 heterocycles. The molecule has 0 saturated heterocycles. The van der Waals surface area contributed by atoms with E-state index in [1.54, 1.807) is 0 Å². The van der Waals surface area contributed by atoms with Crippen LogP contribution in [0, 0.1) is 0 Å². The lowest BCUT2D eigenvalue weighted by atomic mass is 10.2. The van der Waals surface area contributed by atoms with Gasteiger partial charge in [0.2, 0.25) is 0 Å². The number of rotatable bonds is 5. The van der Waals surface area contributed by atoms with Gasteiger partial charge in [-0.2, -0.15) is 0 Å². The number of anilines is 1. The molecule has 0 saturated carbocycles. The van der Waals surface area contributed by atoms with Gasteiger partial charge in [0, 0.05) is 29.3 Å². The molecule has 0 bridgehead atoms. The van der Waals surface area contributed by atoms with Gasteiger partial charge in [0.15, 0.2) is 0 Å². The molecule has 0 spiro atoms. The van der Waals surface area contributed by atoms with E-state index in [1.807, 2.05) is 32.2 Å². The van der Waals surface area contributed by atoms with Gasteiger partial charge in [-0.05, 0) is 55.8 Å². The summed E-state index contributed by atoms with van der Waals surface area (Å²) < 4.78 is 5.65. The van der Waals surface area contributed by atoms with Gasteiger partial charge in [-0.1, -0.05) is 12.1 Å². The molecule has 0 aliphatic rings. The van der Waals surface area contributed by atoms with Crippen LogP contribution in [0.4, 0.5) is 5.69 Å². The average molecular weight is 280 g/mol. The SMILES string of the molecule is CC(C)Oc1ccc(CNc2ccc3[nH]ccc3c2)cc1. The van der Waals surface area contributed by atoms with Crippen molar-refractivity contribution in [2.24, 2.45) is 0 Å². The van der Waals surface area contributed by atoms with E-state index in [0.29, 0.717) is 0 Å². The molecule has 1 aromatic heterocycles. The summed E-state index contributed by atoms with van der Waals surface area (Å²) >= 11 is 0. The van der Waals surface area contributed by atoms with Gasteiger partial charge in [-0.3, -0.25) is 0 Å². The summed E-state index contributed by atoms with van der Waals surface area (Å²) in [6.07, 6.45) is 2.17. The molecule has 2 aromatic carbocycles. The number of fused-ring (bicyclic) bond motifs is 1. The predicted molar refractivity (Wildman–Crippen MR) is 87.8 cm³/mol. The summed E-state index contributed by atoms with van der Waals surface area (Å²) in [6, 6.07) is 16.7. The van der Waals surface area contributed by atoms with Crippen molar-refractivity contribution >= 4 is 16.6 Å². The molecular weight excluding hydrogens is 260 g/mol. The van der Waals surface area contributed by atoms with Crippen molar-refractivity contribution in [2.75, 3.05) is 5.32 Å². The van der Waals surface area contributed by atoms with Crippen LogP contribution in [-0.2, 0) is 6.54 Å². The second-order valence-corrected chi connectivity index (χ2v) is 5.44. The number of benzene rings is 2. The van der Waals surface area contributed by atoms with Gasteiger partial charge in [0.1, 0.15) is 5.75 Å². The Morgan fingerprint density at radius 1 is 1.05 bits per heavy atom. The minimum absolute atomic E-state index is 0.210. The average Bonchev–Trinajstić information content (AvgIpc) is 2.93. The summed E-state index contributed by atoms with van der Waals surface area (Å²) in [5, 5.41) is 4.67. The summed E-state index contributed by atoms with van der Waals surface area (Å²) in [7, 11) is 0. The first-order chi connectivity index (χ1) is 10.2. The smallest absolute Gasteiger partial charge is 0.119 e. The van der Waals surface area contributed by atoms with Crippen LogP contribution in [0.3, 0.4) is 0 Å². The van der Waals surface area contributed by atoms with Crippen LogP contribution in [-0.4, -0.2) is 11.1 Å². The van der Waals surface area contributed by atoms with Gasteiger partial charge in [0.25, 0.3) is 0 Å². The van der Waals surface area contributed by atoms with Crippen LogP contribution in [0.2, 0.25) is 0 Å². The highest BCUT2D eigenvalue weighted by molar-refractivity contribution is 5.82. The number of hydrogen-bond donors (Lipinski definition) is 2. The number of nitrogens with one attached hydrogen (secondary N) is 2. The molecule has 0 unspecified atom stereocenters. The summed E-state index contributed by atoms with van der Waals surface area (Å²) in [6.45, 7) is 4.87. The Hall–Kier alpha value is -2.42. The standard InChI is InChI=1S/C18H20N2O/c1-13(2)21-17-6-3-14(4-7-17)12-20-16-5-8-18-15(11-16)9-10-19-18/h3-11,13,19-20H,12H2,1-2H3. The first-order valence-electron chi connectivity index (χ1n) is 7.27. The molecule has 2 N–H and O–H groups in total. The zero-order valence-corrected chi connectivity index (χ0v) is 12.4. The molecule has 21 heavy (non-hydrogen) atoms. The van der Waals surface area contributed by atoms with E-state index in [4.69, 9.17) is 4.74 Å². The number of aromatic amines is 1. The molecule has 0 fully saturated rings. The van der Waals surface area contributed by atoms with E-state index in [2.05, 4.69) is 46.7 Å². The van der Waals surface area contributed by atoms with Crippen molar-refractivity contribution < 1.29 is 4.74 Å². The first kappa shape index (κ1) is 13.6. The van der Waals surface area contributed by atoms with Gasteiger partial charge < -0.3 is 15.0 Å². The van der Waals surface area contributed by atoms with E-state index < -0.39 is 0 Å². The Balaban J connectivity index is 1.63. The zero-order valence-electron chi connectivity index (χ0n) is 12.4. The van der Waals surface area contributed by atoms with Crippen LogP contribution in [0.5, 0.6) is 5.75 Å². The van der Waals surface area contributed by atoms with Crippen molar-refractivity contribution in [2.45, 2.75) is 26.5 Å². The molecule has 0 aliphatic heterocycles. The van der Waals surface area contributed by atoms with Gasteiger partial charge >= 0.3 is 0 Å². The highest BCUT2D eigenvalue weighted by Crippen LogP contribution is 2.19. The van der Waals surface area contributed by atoms with Gasteiger partial charge in [-0.15, -0.1) is 0 Å². The third kappa shape index (κ3) is 3.37. The fraction of sp³-hybridized carbons (Fsp3) is 0.222. The number of ether oxygens (including phenoxy) is 1. The minimum Gasteiger partial charge on any atom is -0.491 e. The highest BCUT2D eigenvalue weighted by atomic mass is 16.5. The molecular formula is C18H20N2O. The number of hydrogen-bond acceptors (Lipinski definition) is 2. The lowest BCUT2D eigenvalue weighted by Gasteiger charge is -2.11. The highest BCUT2D eigenvalue weighted by Gasteiger charge is 2.00. The van der Waals surface area contributed by atoms with Crippen molar-refractivity contribution in [1.29, 1.82) is 0 Å². The number of H-pyrrole nitrogens is 1. The molecule has 3 aromatic rings. The molecule has 3 rings (SSSR count). The Labute approximate surface area is 125 Å². The molecule has 108 valence electrons. The van der Waals surface area contributed by atoms with Crippen LogP contribution in [0.1, 0.15) is 19.4 Å². The molecule has 0 radical (unpaired) electrons. The molecule has 0 atom stereocenters. The number of aromatic nitrogens is 1. The van der Waals surface area contributed by atoms with Crippen LogP contribution < -0.4 is 10.1 Å². The van der Waals surface area contributed by atoms with Crippen LogP contribution in [0.25, 0.3) is 10.9 Å². The first-order valence-corrected chi connectivity index (χ1v) is 7.27. The molecule has 0 amide bonds. The van der Waals surface area contributed by atoms with Crippen molar-refractivity contribution in [3.8, 4) is 5.75 Å². The summed E-state index contributed by atoms with van der Waals surface area (Å²) in [5.74, 6) is 0.919. The van der Waals surface area contributed by atoms with Gasteiger partial charge in [0.05, 0.1) is 6.10 Å². The van der Waals surface area contributed by atoms with E-state index >= 15 is 0 Å². The van der Waals surface area contributed by atoms with E-state index in [1.165, 1.54) is 10.9 Å². The van der Waals surface area contributed by atoms with Crippen molar-refractivity contribution in [3.05, 3.63) is 60.3 Å². The fourth-order valence-corrected chi connectivity index (χ4v) is 2.33. The van der Waals surface area contributed by atoms with Crippen molar-refractivity contribution in [1.82, 2.24) is 4.98 Å². The maximum Gasteiger partial charge on any atom is 0.119 e. The van der Waals surface area contributed by atoms with Crippen LogP contribution >= 0.6 is 0 Å². The monoisotopic (exact) mass is 280 g/mol. The van der Waals surface area contributed by atoms with E-state index in [-0.39, 0.29) is 6.10 Å². The van der Waals surface area contributed by atoms with Crippen LogP contribution in [0.15, 0.2) is 54.7 Å². The maximum absolute atomic E-state index is 5.65. The molecule has 3 nitrogen and oxygen atoms in total. The molecule has 0 aliphatic carbocycles. The normalized spacial score (nSPS) is 11.0. The Bertz CT molecular complexity index is 713. The zero-order chi connectivity index (χ0) is 14.7.